The average molecular weight is 287 g/mol. The van der Waals surface area contributed by atoms with Crippen molar-refractivity contribution >= 4 is 5.82 Å². The summed E-state index contributed by atoms with van der Waals surface area (Å²) in [5.41, 5.74) is 1.10. The van der Waals surface area contributed by atoms with Gasteiger partial charge in [-0.3, -0.25) is 0 Å². The van der Waals surface area contributed by atoms with Gasteiger partial charge in [-0.15, -0.1) is 0 Å². The molecule has 2 rings (SSSR count). The van der Waals surface area contributed by atoms with Crippen LogP contribution in [0.5, 0.6) is 5.88 Å². The predicted molar refractivity (Wildman–Crippen MR) is 82.3 cm³/mol. The van der Waals surface area contributed by atoms with E-state index in [0.717, 1.165) is 17.9 Å². The number of rotatable bonds is 8. The molecule has 2 aromatic rings. The van der Waals surface area contributed by atoms with Crippen molar-refractivity contribution in [3.8, 4) is 5.88 Å². The van der Waals surface area contributed by atoms with E-state index in [4.69, 9.17) is 9.47 Å². The maximum Gasteiger partial charge on any atom is 0.219 e. The first kappa shape index (κ1) is 15.3. The van der Waals surface area contributed by atoms with Gasteiger partial charge in [0.15, 0.2) is 5.82 Å². The van der Waals surface area contributed by atoms with Crippen molar-refractivity contribution in [2.45, 2.75) is 27.1 Å². The summed E-state index contributed by atoms with van der Waals surface area (Å²) >= 11 is 0. The molecule has 0 unspecified atom stereocenters. The smallest absolute Gasteiger partial charge is 0.219 e. The molecular formula is C16H21N3O2. The Morgan fingerprint density at radius 2 is 1.86 bits per heavy atom. The number of anilines is 1. The van der Waals surface area contributed by atoms with Crippen LogP contribution in [-0.2, 0) is 18.0 Å². The molecule has 5 nitrogen and oxygen atoms in total. The van der Waals surface area contributed by atoms with Crippen LogP contribution in [-0.4, -0.2) is 23.1 Å². The largest absolute Gasteiger partial charge is 0.473 e. The van der Waals surface area contributed by atoms with Gasteiger partial charge in [0, 0.05) is 19.2 Å². The van der Waals surface area contributed by atoms with Crippen LogP contribution in [0.25, 0.3) is 0 Å². The molecule has 0 fully saturated rings. The van der Waals surface area contributed by atoms with E-state index in [2.05, 4.69) is 15.3 Å². The van der Waals surface area contributed by atoms with E-state index in [1.165, 1.54) is 0 Å². The molecule has 0 aliphatic carbocycles. The summed E-state index contributed by atoms with van der Waals surface area (Å²) in [4.78, 5) is 8.76. The molecule has 1 aromatic heterocycles. The number of nitrogens with zero attached hydrogens (tertiary/aromatic N) is 2. The van der Waals surface area contributed by atoms with Crippen LogP contribution in [0.2, 0.25) is 0 Å². The van der Waals surface area contributed by atoms with Gasteiger partial charge in [0.2, 0.25) is 5.88 Å². The van der Waals surface area contributed by atoms with Gasteiger partial charge in [-0.25, -0.2) is 4.98 Å². The fourth-order valence-corrected chi connectivity index (χ4v) is 1.81. The molecule has 112 valence electrons. The van der Waals surface area contributed by atoms with Crippen molar-refractivity contribution in [2.75, 3.05) is 18.5 Å². The zero-order chi connectivity index (χ0) is 14.9. The second kappa shape index (κ2) is 8.21. The highest BCUT2D eigenvalue weighted by molar-refractivity contribution is 5.38. The van der Waals surface area contributed by atoms with Gasteiger partial charge in [0.1, 0.15) is 19.0 Å². The normalized spacial score (nSPS) is 10.4. The second-order valence-corrected chi connectivity index (χ2v) is 4.45. The first-order chi connectivity index (χ1) is 10.3. The number of ether oxygens (including phenoxy) is 2. The summed E-state index contributed by atoms with van der Waals surface area (Å²) < 4.78 is 11.1. The van der Waals surface area contributed by atoms with Crippen LogP contribution in [0, 0.1) is 0 Å². The third-order valence-electron chi connectivity index (χ3n) is 2.77. The topological polar surface area (TPSA) is 56.3 Å². The number of hydrogen-bond donors (Lipinski definition) is 1. The zero-order valence-electron chi connectivity index (χ0n) is 12.5. The second-order valence-electron chi connectivity index (χ2n) is 4.45. The van der Waals surface area contributed by atoms with E-state index in [-0.39, 0.29) is 0 Å². The van der Waals surface area contributed by atoms with Crippen LogP contribution < -0.4 is 10.1 Å². The Hall–Kier alpha value is -2.14. The van der Waals surface area contributed by atoms with Gasteiger partial charge < -0.3 is 14.8 Å². The van der Waals surface area contributed by atoms with Crippen LogP contribution in [0.15, 0.2) is 36.4 Å². The first-order valence-corrected chi connectivity index (χ1v) is 7.18. The van der Waals surface area contributed by atoms with Crippen molar-refractivity contribution in [3.05, 3.63) is 47.8 Å². The summed E-state index contributed by atoms with van der Waals surface area (Å²) in [6, 6.07) is 11.8. The van der Waals surface area contributed by atoms with E-state index in [1.807, 2.05) is 50.2 Å². The lowest BCUT2D eigenvalue weighted by Gasteiger charge is -2.10. The quantitative estimate of drug-likeness (QED) is 0.808. The van der Waals surface area contributed by atoms with Crippen LogP contribution >= 0.6 is 0 Å². The molecule has 0 saturated carbocycles. The van der Waals surface area contributed by atoms with Gasteiger partial charge in [0.25, 0.3) is 0 Å². The average Bonchev–Trinajstić information content (AvgIpc) is 2.52. The Morgan fingerprint density at radius 3 is 2.57 bits per heavy atom. The van der Waals surface area contributed by atoms with Crippen LogP contribution in [0.4, 0.5) is 5.82 Å². The zero-order valence-corrected chi connectivity index (χ0v) is 12.5. The molecule has 0 saturated heterocycles. The summed E-state index contributed by atoms with van der Waals surface area (Å²) in [7, 11) is 0. The maximum absolute atomic E-state index is 5.75. The molecule has 0 aliphatic heterocycles. The van der Waals surface area contributed by atoms with Crippen molar-refractivity contribution in [3.63, 3.8) is 0 Å². The Labute approximate surface area is 125 Å². The van der Waals surface area contributed by atoms with Crippen molar-refractivity contribution in [1.29, 1.82) is 0 Å². The van der Waals surface area contributed by atoms with E-state index in [9.17, 15) is 0 Å². The molecule has 0 atom stereocenters. The monoisotopic (exact) mass is 287 g/mol. The first-order valence-electron chi connectivity index (χ1n) is 7.18. The molecule has 0 spiro atoms. The minimum atomic E-state index is 0.386. The number of hydrogen-bond acceptors (Lipinski definition) is 5. The molecule has 0 amide bonds. The molecule has 0 bridgehead atoms. The standard InChI is InChI=1S/C16H21N3O2/c1-3-17-14-10-16(19-15(18-14)12-20-4-2)21-11-13-8-6-5-7-9-13/h5-10H,3-4,11-12H2,1-2H3,(H,17,18,19). The molecule has 1 heterocycles. The highest BCUT2D eigenvalue weighted by atomic mass is 16.5. The SMILES string of the molecule is CCNc1cc(OCc2ccccc2)nc(COCC)n1. The Balaban J connectivity index is 2.07. The van der Waals surface area contributed by atoms with Gasteiger partial charge in [-0.1, -0.05) is 30.3 Å². The third kappa shape index (κ3) is 5.04. The fraction of sp³-hybridized carbons (Fsp3) is 0.375. The van der Waals surface area contributed by atoms with E-state index >= 15 is 0 Å². The van der Waals surface area contributed by atoms with Gasteiger partial charge in [0.05, 0.1) is 0 Å². The molecule has 1 N–H and O–H groups in total. The fourth-order valence-electron chi connectivity index (χ4n) is 1.81. The number of nitrogens with one attached hydrogen (secondary N) is 1. The molecule has 21 heavy (non-hydrogen) atoms. The van der Waals surface area contributed by atoms with Gasteiger partial charge >= 0.3 is 0 Å². The molecule has 1 aromatic carbocycles. The molecule has 0 aliphatic rings. The van der Waals surface area contributed by atoms with Crippen LogP contribution in [0.3, 0.4) is 0 Å². The lowest BCUT2D eigenvalue weighted by Crippen LogP contribution is -2.07. The van der Waals surface area contributed by atoms with E-state index in [1.54, 1.807) is 0 Å². The van der Waals surface area contributed by atoms with Gasteiger partial charge in [-0.05, 0) is 19.4 Å². The lowest BCUT2D eigenvalue weighted by atomic mass is 10.2. The summed E-state index contributed by atoms with van der Waals surface area (Å²) in [6.45, 7) is 6.27. The maximum atomic E-state index is 5.75. The molecular weight excluding hydrogens is 266 g/mol. The highest BCUT2D eigenvalue weighted by Gasteiger charge is 2.06. The van der Waals surface area contributed by atoms with Crippen molar-refractivity contribution in [1.82, 2.24) is 9.97 Å². The highest BCUT2D eigenvalue weighted by Crippen LogP contribution is 2.15. The molecule has 5 heteroatoms. The van der Waals surface area contributed by atoms with Crippen molar-refractivity contribution in [2.24, 2.45) is 0 Å². The minimum absolute atomic E-state index is 0.386. The lowest BCUT2D eigenvalue weighted by molar-refractivity contribution is 0.127. The van der Waals surface area contributed by atoms with E-state index < -0.39 is 0 Å². The predicted octanol–water partition coefficient (Wildman–Crippen LogP) is 3.02. The summed E-state index contributed by atoms with van der Waals surface area (Å²) in [5, 5.41) is 3.18. The number of aromatic nitrogens is 2. The van der Waals surface area contributed by atoms with Gasteiger partial charge in [-0.2, -0.15) is 4.98 Å². The van der Waals surface area contributed by atoms with E-state index in [0.29, 0.717) is 31.5 Å². The Kier molecular flexibility index (Phi) is 5.97. The Bertz CT molecular complexity index is 546. The third-order valence-corrected chi connectivity index (χ3v) is 2.77. The summed E-state index contributed by atoms with van der Waals surface area (Å²) in [5.74, 6) is 1.93. The summed E-state index contributed by atoms with van der Waals surface area (Å²) in [6.07, 6.45) is 0. The Morgan fingerprint density at radius 1 is 1.05 bits per heavy atom. The molecule has 0 radical (unpaired) electrons. The minimum Gasteiger partial charge on any atom is -0.473 e. The van der Waals surface area contributed by atoms with Crippen LogP contribution in [0.1, 0.15) is 25.2 Å². The number of benzene rings is 1. The van der Waals surface area contributed by atoms with Crippen molar-refractivity contribution < 1.29 is 9.47 Å².